The van der Waals surface area contributed by atoms with Crippen LogP contribution in [0.25, 0.3) is 0 Å². The quantitative estimate of drug-likeness (QED) is 0.707. The Labute approximate surface area is 146 Å². The molecular formula is C19H21NO5. The first-order valence-corrected chi connectivity index (χ1v) is 8.03. The van der Waals surface area contributed by atoms with Crippen molar-refractivity contribution in [1.82, 2.24) is 0 Å². The van der Waals surface area contributed by atoms with Crippen LogP contribution in [0.5, 0.6) is 17.2 Å². The summed E-state index contributed by atoms with van der Waals surface area (Å²) in [5, 5.41) is 2.74. The minimum atomic E-state index is -0.300. The van der Waals surface area contributed by atoms with Crippen molar-refractivity contribution in [2.75, 3.05) is 25.1 Å². The average molecular weight is 343 g/mol. The van der Waals surface area contributed by atoms with Gasteiger partial charge in [-0.25, -0.2) is 0 Å². The van der Waals surface area contributed by atoms with Gasteiger partial charge in [-0.05, 0) is 56.3 Å². The Bertz CT molecular complexity index is 712. The summed E-state index contributed by atoms with van der Waals surface area (Å²) in [5.74, 6) is 1.29. The van der Waals surface area contributed by atoms with Crippen molar-refractivity contribution in [3.8, 4) is 17.2 Å². The molecule has 0 unspecified atom stereocenters. The molecule has 0 saturated carbocycles. The summed E-state index contributed by atoms with van der Waals surface area (Å²) in [5.41, 5.74) is 1.13. The third-order valence-electron chi connectivity index (χ3n) is 3.21. The molecule has 0 radical (unpaired) electrons. The molecule has 0 atom stereocenters. The monoisotopic (exact) mass is 343 g/mol. The first kappa shape index (κ1) is 18.3. The Balaban J connectivity index is 1.94. The summed E-state index contributed by atoms with van der Waals surface area (Å²) < 4.78 is 16.3. The summed E-state index contributed by atoms with van der Waals surface area (Å²) in [6.07, 6.45) is 0.727. The zero-order valence-electron chi connectivity index (χ0n) is 14.3. The lowest BCUT2D eigenvalue weighted by molar-refractivity contribution is -0.118. The van der Waals surface area contributed by atoms with Crippen LogP contribution in [0.4, 0.5) is 5.69 Å². The van der Waals surface area contributed by atoms with Gasteiger partial charge in [0, 0.05) is 11.3 Å². The van der Waals surface area contributed by atoms with Crippen LogP contribution in [0.2, 0.25) is 0 Å². The number of ether oxygens (including phenoxy) is 3. The second-order valence-electron chi connectivity index (χ2n) is 5.05. The fourth-order valence-corrected chi connectivity index (χ4v) is 2.13. The smallest absolute Gasteiger partial charge is 0.262 e. The lowest BCUT2D eigenvalue weighted by Gasteiger charge is -2.12. The van der Waals surface area contributed by atoms with E-state index in [2.05, 4.69) is 5.32 Å². The number of hydrogen-bond donors (Lipinski definition) is 1. The molecule has 0 fully saturated rings. The fraction of sp³-hybridized carbons (Fsp3) is 0.263. The van der Waals surface area contributed by atoms with Gasteiger partial charge in [0.05, 0.1) is 13.2 Å². The summed E-state index contributed by atoms with van der Waals surface area (Å²) in [6.45, 7) is 4.58. The van der Waals surface area contributed by atoms with Crippen molar-refractivity contribution >= 4 is 17.9 Å². The second kappa shape index (κ2) is 9.32. The molecule has 2 aromatic rings. The zero-order chi connectivity index (χ0) is 18.1. The highest BCUT2D eigenvalue weighted by atomic mass is 16.5. The molecule has 2 rings (SSSR count). The molecule has 0 aliphatic rings. The molecule has 2 aromatic carbocycles. The lowest BCUT2D eigenvalue weighted by Crippen LogP contribution is -2.20. The van der Waals surface area contributed by atoms with E-state index in [0.29, 0.717) is 36.0 Å². The molecule has 0 aromatic heterocycles. The van der Waals surface area contributed by atoms with Crippen molar-refractivity contribution in [3.63, 3.8) is 0 Å². The van der Waals surface area contributed by atoms with E-state index < -0.39 is 0 Å². The van der Waals surface area contributed by atoms with E-state index in [-0.39, 0.29) is 12.5 Å². The van der Waals surface area contributed by atoms with Crippen LogP contribution in [-0.2, 0) is 4.79 Å². The van der Waals surface area contributed by atoms with E-state index in [1.54, 1.807) is 42.5 Å². The number of carbonyl (C=O) groups excluding carboxylic acids is 2. The summed E-state index contributed by atoms with van der Waals surface area (Å²) in [7, 11) is 0. The Morgan fingerprint density at radius 3 is 2.32 bits per heavy atom. The lowest BCUT2D eigenvalue weighted by atomic mass is 10.2. The van der Waals surface area contributed by atoms with E-state index in [0.717, 1.165) is 12.0 Å². The van der Waals surface area contributed by atoms with E-state index in [1.165, 1.54) is 0 Å². The highest BCUT2D eigenvalue weighted by Crippen LogP contribution is 2.28. The minimum absolute atomic E-state index is 0.173. The largest absolute Gasteiger partial charge is 0.494 e. The molecule has 6 nitrogen and oxygen atoms in total. The number of nitrogens with one attached hydrogen (secondary N) is 1. The molecule has 6 heteroatoms. The van der Waals surface area contributed by atoms with Gasteiger partial charge < -0.3 is 19.5 Å². The van der Waals surface area contributed by atoms with Gasteiger partial charge in [-0.2, -0.15) is 0 Å². The van der Waals surface area contributed by atoms with E-state index in [9.17, 15) is 9.59 Å². The van der Waals surface area contributed by atoms with Crippen LogP contribution < -0.4 is 19.5 Å². The standard InChI is InChI=1S/C19H21NO5/c1-3-23-16-8-6-15(7-9-16)20-19(22)13-25-17-10-5-14(12-21)11-18(17)24-4-2/h5-12H,3-4,13H2,1-2H3,(H,20,22). The molecule has 132 valence electrons. The van der Waals surface area contributed by atoms with Crippen molar-refractivity contribution in [2.24, 2.45) is 0 Å². The van der Waals surface area contributed by atoms with Gasteiger partial charge in [-0.1, -0.05) is 0 Å². The average Bonchev–Trinajstić information content (AvgIpc) is 2.62. The molecule has 0 spiro atoms. The van der Waals surface area contributed by atoms with E-state index in [4.69, 9.17) is 14.2 Å². The first-order chi connectivity index (χ1) is 12.2. The topological polar surface area (TPSA) is 73.9 Å². The Kier molecular flexibility index (Phi) is 6.83. The maximum absolute atomic E-state index is 12.0. The van der Waals surface area contributed by atoms with Gasteiger partial charge >= 0.3 is 0 Å². The van der Waals surface area contributed by atoms with Crippen LogP contribution in [0.15, 0.2) is 42.5 Å². The summed E-state index contributed by atoms with van der Waals surface area (Å²) >= 11 is 0. The highest BCUT2D eigenvalue weighted by molar-refractivity contribution is 5.92. The molecule has 0 heterocycles. The Morgan fingerprint density at radius 1 is 0.960 bits per heavy atom. The Morgan fingerprint density at radius 2 is 1.68 bits per heavy atom. The fourth-order valence-electron chi connectivity index (χ4n) is 2.13. The number of aldehydes is 1. The van der Waals surface area contributed by atoms with Crippen molar-refractivity contribution in [2.45, 2.75) is 13.8 Å². The molecule has 25 heavy (non-hydrogen) atoms. The first-order valence-electron chi connectivity index (χ1n) is 8.03. The Hall–Kier alpha value is -3.02. The molecule has 1 N–H and O–H groups in total. The van der Waals surface area contributed by atoms with Gasteiger partial charge in [-0.15, -0.1) is 0 Å². The number of benzene rings is 2. The van der Waals surface area contributed by atoms with Crippen LogP contribution in [0.1, 0.15) is 24.2 Å². The van der Waals surface area contributed by atoms with Crippen LogP contribution in [0, 0.1) is 0 Å². The van der Waals surface area contributed by atoms with Crippen LogP contribution in [0.3, 0.4) is 0 Å². The molecule has 0 bridgehead atoms. The van der Waals surface area contributed by atoms with Gasteiger partial charge in [0.15, 0.2) is 18.1 Å². The van der Waals surface area contributed by atoms with Gasteiger partial charge in [0.25, 0.3) is 5.91 Å². The highest BCUT2D eigenvalue weighted by Gasteiger charge is 2.09. The molecule has 0 saturated heterocycles. The minimum Gasteiger partial charge on any atom is -0.494 e. The third-order valence-corrected chi connectivity index (χ3v) is 3.21. The second-order valence-corrected chi connectivity index (χ2v) is 5.05. The van der Waals surface area contributed by atoms with Crippen molar-refractivity contribution in [3.05, 3.63) is 48.0 Å². The molecule has 0 aliphatic carbocycles. The maximum Gasteiger partial charge on any atom is 0.262 e. The predicted octanol–water partition coefficient (Wildman–Crippen LogP) is 3.31. The van der Waals surface area contributed by atoms with Crippen molar-refractivity contribution < 1.29 is 23.8 Å². The number of anilines is 1. The van der Waals surface area contributed by atoms with Gasteiger partial charge in [-0.3, -0.25) is 9.59 Å². The number of carbonyl (C=O) groups is 2. The normalized spacial score (nSPS) is 10.0. The molecular weight excluding hydrogens is 322 g/mol. The van der Waals surface area contributed by atoms with Gasteiger partial charge in [0.1, 0.15) is 12.0 Å². The number of hydrogen-bond acceptors (Lipinski definition) is 5. The summed E-state index contributed by atoms with van der Waals surface area (Å²) in [6, 6.07) is 11.9. The van der Waals surface area contributed by atoms with Crippen molar-refractivity contribution in [1.29, 1.82) is 0 Å². The summed E-state index contributed by atoms with van der Waals surface area (Å²) in [4.78, 5) is 22.9. The van der Waals surface area contributed by atoms with E-state index in [1.807, 2.05) is 13.8 Å². The van der Waals surface area contributed by atoms with E-state index >= 15 is 0 Å². The molecule has 1 amide bonds. The SMILES string of the molecule is CCOc1ccc(NC(=O)COc2ccc(C=O)cc2OCC)cc1. The predicted molar refractivity (Wildman–Crippen MR) is 94.7 cm³/mol. The van der Waals surface area contributed by atoms with Crippen LogP contribution in [-0.4, -0.2) is 32.0 Å². The molecule has 0 aliphatic heterocycles. The zero-order valence-corrected chi connectivity index (χ0v) is 14.3. The third kappa shape index (κ3) is 5.53. The number of amides is 1. The number of rotatable bonds is 9. The van der Waals surface area contributed by atoms with Gasteiger partial charge in [0.2, 0.25) is 0 Å². The van der Waals surface area contributed by atoms with Crippen LogP contribution >= 0.6 is 0 Å². The maximum atomic E-state index is 12.0.